The highest BCUT2D eigenvalue weighted by Gasteiger charge is 2.23. The minimum absolute atomic E-state index is 0.0458. The van der Waals surface area contributed by atoms with Crippen LogP contribution in [0.1, 0.15) is 24.1 Å². The van der Waals surface area contributed by atoms with E-state index in [2.05, 4.69) is 5.32 Å². The van der Waals surface area contributed by atoms with Crippen molar-refractivity contribution in [3.05, 3.63) is 58.6 Å². The Bertz CT molecular complexity index is 776. The summed E-state index contributed by atoms with van der Waals surface area (Å²) in [7, 11) is 1.52. The second kappa shape index (κ2) is 9.10. The predicted octanol–water partition coefficient (Wildman–Crippen LogP) is 3.23. The lowest BCUT2D eigenvalue weighted by molar-refractivity contribution is -0.142. The van der Waals surface area contributed by atoms with Gasteiger partial charge in [-0.25, -0.2) is 4.79 Å². The Morgan fingerprint density at radius 1 is 1.19 bits per heavy atom. The van der Waals surface area contributed by atoms with Crippen molar-refractivity contribution < 1.29 is 24.2 Å². The van der Waals surface area contributed by atoms with E-state index in [0.29, 0.717) is 34.3 Å². The van der Waals surface area contributed by atoms with Gasteiger partial charge in [0.05, 0.1) is 25.2 Å². The van der Waals surface area contributed by atoms with Gasteiger partial charge in [0.2, 0.25) is 5.91 Å². The minimum Gasteiger partial charge on any atom is -0.497 e. The summed E-state index contributed by atoms with van der Waals surface area (Å²) in [6.07, 6.45) is -0.0458. The molecule has 0 aliphatic rings. The SMILES string of the molecule is CCOc1c(Cl)cccc1CC(=O)NC(C(=O)O)c1ccc(OC)cc1. The average Bonchev–Trinajstić information content (AvgIpc) is 2.62. The molecule has 1 atom stereocenters. The average molecular weight is 378 g/mol. The quantitative estimate of drug-likeness (QED) is 0.737. The van der Waals surface area contributed by atoms with E-state index in [-0.39, 0.29) is 6.42 Å². The number of rotatable bonds is 8. The zero-order valence-electron chi connectivity index (χ0n) is 14.5. The molecule has 0 fully saturated rings. The number of methoxy groups -OCH3 is 1. The molecule has 0 aromatic heterocycles. The van der Waals surface area contributed by atoms with Gasteiger partial charge in [-0.2, -0.15) is 0 Å². The summed E-state index contributed by atoms with van der Waals surface area (Å²) in [6, 6.07) is 10.4. The Balaban J connectivity index is 2.16. The fourth-order valence-corrected chi connectivity index (χ4v) is 2.72. The number of ether oxygens (including phenoxy) is 2. The van der Waals surface area contributed by atoms with Crippen LogP contribution >= 0.6 is 11.6 Å². The maximum absolute atomic E-state index is 12.4. The molecule has 2 aromatic carbocycles. The van der Waals surface area contributed by atoms with Crippen LogP contribution in [0.2, 0.25) is 5.02 Å². The van der Waals surface area contributed by atoms with Gasteiger partial charge in [0.25, 0.3) is 0 Å². The number of nitrogens with one attached hydrogen (secondary N) is 1. The van der Waals surface area contributed by atoms with Crippen molar-refractivity contribution in [3.63, 3.8) is 0 Å². The van der Waals surface area contributed by atoms with Crippen molar-refractivity contribution >= 4 is 23.5 Å². The smallest absolute Gasteiger partial charge is 0.330 e. The molecule has 7 heteroatoms. The molecule has 2 N–H and O–H groups in total. The van der Waals surface area contributed by atoms with Crippen molar-refractivity contribution in [2.75, 3.05) is 13.7 Å². The normalized spacial score (nSPS) is 11.5. The minimum atomic E-state index is -1.16. The van der Waals surface area contributed by atoms with Crippen molar-refractivity contribution in [1.29, 1.82) is 0 Å². The first kappa shape index (κ1) is 19.6. The van der Waals surface area contributed by atoms with E-state index in [1.54, 1.807) is 42.5 Å². The lowest BCUT2D eigenvalue weighted by atomic mass is 10.1. The van der Waals surface area contributed by atoms with Gasteiger partial charge < -0.3 is 19.9 Å². The van der Waals surface area contributed by atoms with Crippen LogP contribution in [0.5, 0.6) is 11.5 Å². The molecule has 0 spiro atoms. The second-order valence-electron chi connectivity index (χ2n) is 5.45. The summed E-state index contributed by atoms with van der Waals surface area (Å²) >= 11 is 6.11. The first-order chi connectivity index (χ1) is 12.5. The fourth-order valence-electron chi connectivity index (χ4n) is 2.47. The molecule has 138 valence electrons. The third-order valence-corrected chi connectivity index (χ3v) is 3.99. The number of carbonyl (C=O) groups excluding carboxylic acids is 1. The molecular formula is C19H20ClNO5. The van der Waals surface area contributed by atoms with Crippen LogP contribution < -0.4 is 14.8 Å². The molecule has 2 aromatic rings. The number of hydrogen-bond donors (Lipinski definition) is 2. The van der Waals surface area contributed by atoms with E-state index < -0.39 is 17.9 Å². The molecule has 1 unspecified atom stereocenters. The number of halogens is 1. The first-order valence-electron chi connectivity index (χ1n) is 8.02. The molecule has 0 saturated heterocycles. The third kappa shape index (κ3) is 4.89. The molecule has 6 nitrogen and oxygen atoms in total. The van der Waals surface area contributed by atoms with Crippen molar-refractivity contribution in [3.8, 4) is 11.5 Å². The van der Waals surface area contributed by atoms with Gasteiger partial charge in [-0.3, -0.25) is 4.79 Å². The van der Waals surface area contributed by atoms with Gasteiger partial charge in [0.15, 0.2) is 6.04 Å². The zero-order chi connectivity index (χ0) is 19.1. The highest BCUT2D eigenvalue weighted by Crippen LogP contribution is 2.29. The molecule has 0 heterocycles. The third-order valence-electron chi connectivity index (χ3n) is 3.69. The number of amides is 1. The Morgan fingerprint density at radius 2 is 1.88 bits per heavy atom. The Labute approximate surface area is 156 Å². The van der Waals surface area contributed by atoms with E-state index in [1.165, 1.54) is 7.11 Å². The van der Waals surface area contributed by atoms with Gasteiger partial charge in [-0.15, -0.1) is 0 Å². The van der Waals surface area contributed by atoms with E-state index in [9.17, 15) is 14.7 Å². The van der Waals surface area contributed by atoms with E-state index in [4.69, 9.17) is 21.1 Å². The Hall–Kier alpha value is -2.73. The molecule has 26 heavy (non-hydrogen) atoms. The zero-order valence-corrected chi connectivity index (χ0v) is 15.2. The van der Waals surface area contributed by atoms with Gasteiger partial charge in [0.1, 0.15) is 11.5 Å². The van der Waals surface area contributed by atoms with Crippen LogP contribution in [0, 0.1) is 0 Å². The number of hydrogen-bond acceptors (Lipinski definition) is 4. The van der Waals surface area contributed by atoms with Crippen molar-refractivity contribution in [2.45, 2.75) is 19.4 Å². The maximum atomic E-state index is 12.4. The van der Waals surface area contributed by atoms with Crippen LogP contribution in [0.25, 0.3) is 0 Å². The number of carbonyl (C=O) groups is 2. The lowest BCUT2D eigenvalue weighted by Crippen LogP contribution is -2.34. The molecule has 0 bridgehead atoms. The molecule has 2 rings (SSSR count). The topological polar surface area (TPSA) is 84.9 Å². The summed E-state index contributed by atoms with van der Waals surface area (Å²) in [6.45, 7) is 2.22. The monoisotopic (exact) mass is 377 g/mol. The predicted molar refractivity (Wildman–Crippen MR) is 97.8 cm³/mol. The summed E-state index contributed by atoms with van der Waals surface area (Å²) in [5.74, 6) is -0.566. The number of carboxylic acid groups (broad SMARTS) is 1. The van der Waals surface area contributed by atoms with Crippen molar-refractivity contribution in [2.24, 2.45) is 0 Å². The van der Waals surface area contributed by atoms with E-state index in [1.807, 2.05) is 6.92 Å². The summed E-state index contributed by atoms with van der Waals surface area (Å²) < 4.78 is 10.5. The van der Waals surface area contributed by atoms with Crippen LogP contribution in [0.3, 0.4) is 0 Å². The number of aliphatic carboxylic acids is 1. The highest BCUT2D eigenvalue weighted by molar-refractivity contribution is 6.32. The number of para-hydroxylation sites is 1. The fraction of sp³-hybridized carbons (Fsp3) is 0.263. The van der Waals surface area contributed by atoms with Crippen LogP contribution in [0.4, 0.5) is 0 Å². The summed E-state index contributed by atoms with van der Waals surface area (Å²) in [5, 5.41) is 12.4. The van der Waals surface area contributed by atoms with Gasteiger partial charge in [-0.05, 0) is 30.7 Å². The highest BCUT2D eigenvalue weighted by atomic mass is 35.5. The maximum Gasteiger partial charge on any atom is 0.330 e. The molecule has 0 saturated carbocycles. The van der Waals surface area contributed by atoms with Gasteiger partial charge >= 0.3 is 5.97 Å². The summed E-state index contributed by atoms with van der Waals surface area (Å²) in [4.78, 5) is 24.0. The van der Waals surface area contributed by atoms with Gasteiger partial charge in [-0.1, -0.05) is 35.9 Å². The Morgan fingerprint density at radius 3 is 2.46 bits per heavy atom. The molecule has 0 aliphatic carbocycles. The number of carboxylic acids is 1. The first-order valence-corrected chi connectivity index (χ1v) is 8.40. The second-order valence-corrected chi connectivity index (χ2v) is 5.86. The molecular weight excluding hydrogens is 358 g/mol. The number of benzene rings is 2. The van der Waals surface area contributed by atoms with E-state index in [0.717, 1.165) is 0 Å². The largest absolute Gasteiger partial charge is 0.497 e. The van der Waals surface area contributed by atoms with Crippen molar-refractivity contribution in [1.82, 2.24) is 5.32 Å². The Kier molecular flexibility index (Phi) is 6.86. The molecule has 1 amide bonds. The van der Waals surface area contributed by atoms with Crippen LogP contribution in [-0.2, 0) is 16.0 Å². The summed E-state index contributed by atoms with van der Waals surface area (Å²) in [5.41, 5.74) is 1.04. The van der Waals surface area contributed by atoms with Gasteiger partial charge in [0, 0.05) is 5.56 Å². The molecule has 0 radical (unpaired) electrons. The standard InChI is InChI=1S/C19H20ClNO5/c1-3-26-18-13(5-4-6-15(18)20)11-16(22)21-17(19(23)24)12-7-9-14(25-2)10-8-12/h4-10,17H,3,11H2,1-2H3,(H,21,22)(H,23,24). The molecule has 0 aliphatic heterocycles. The van der Waals surface area contributed by atoms with E-state index >= 15 is 0 Å². The van der Waals surface area contributed by atoms with Crippen LogP contribution in [0.15, 0.2) is 42.5 Å². The van der Waals surface area contributed by atoms with Crippen LogP contribution in [-0.4, -0.2) is 30.7 Å². The lowest BCUT2D eigenvalue weighted by Gasteiger charge is -2.16.